The maximum atomic E-state index is 13.9. The molecular weight excluding hydrogens is 359 g/mol. The number of sulfone groups is 1. The molecule has 0 atom stereocenters. The third kappa shape index (κ3) is 6.45. The van der Waals surface area contributed by atoms with Gasteiger partial charge < -0.3 is 19.9 Å². The van der Waals surface area contributed by atoms with Crippen molar-refractivity contribution in [2.75, 3.05) is 69.9 Å². The number of ether oxygens (including phenoxy) is 1. The molecule has 1 aliphatic heterocycles. The Kier molecular flexibility index (Phi) is 7.65. The minimum atomic E-state index is -2.99. The molecule has 2 rings (SSSR count). The van der Waals surface area contributed by atoms with Crippen LogP contribution < -0.4 is 10.2 Å². The zero-order valence-corrected chi connectivity index (χ0v) is 16.1. The average molecular weight is 386 g/mol. The second kappa shape index (κ2) is 9.72. The van der Waals surface area contributed by atoms with Gasteiger partial charge in [-0.1, -0.05) is 12.1 Å². The van der Waals surface area contributed by atoms with Gasteiger partial charge in [-0.2, -0.15) is 0 Å². The molecule has 0 bridgehead atoms. The lowest BCUT2D eigenvalue weighted by Gasteiger charge is -2.37. The topological polar surface area (TPSA) is 74.2 Å². The van der Waals surface area contributed by atoms with E-state index in [0.717, 1.165) is 19.0 Å². The molecule has 0 amide bonds. The zero-order valence-electron chi connectivity index (χ0n) is 15.3. The number of nitrogens with zero attached hydrogens (tertiary/aromatic N) is 3. The Morgan fingerprint density at radius 3 is 2.54 bits per heavy atom. The van der Waals surface area contributed by atoms with E-state index in [9.17, 15) is 12.8 Å². The van der Waals surface area contributed by atoms with Crippen LogP contribution in [0.3, 0.4) is 0 Å². The van der Waals surface area contributed by atoms with E-state index in [-0.39, 0.29) is 18.2 Å². The van der Waals surface area contributed by atoms with E-state index in [2.05, 4.69) is 15.2 Å². The van der Waals surface area contributed by atoms with Crippen molar-refractivity contribution in [2.45, 2.75) is 0 Å². The van der Waals surface area contributed by atoms with Crippen molar-refractivity contribution >= 4 is 21.5 Å². The van der Waals surface area contributed by atoms with Gasteiger partial charge >= 0.3 is 0 Å². The monoisotopic (exact) mass is 386 g/mol. The van der Waals surface area contributed by atoms with E-state index in [1.807, 2.05) is 11.0 Å². The van der Waals surface area contributed by atoms with E-state index < -0.39 is 9.84 Å². The maximum absolute atomic E-state index is 13.9. The Morgan fingerprint density at radius 2 is 1.92 bits per heavy atom. The molecule has 1 aromatic carbocycles. The van der Waals surface area contributed by atoms with Crippen molar-refractivity contribution in [1.82, 2.24) is 10.2 Å². The van der Waals surface area contributed by atoms with Crippen LogP contribution in [-0.4, -0.2) is 84.3 Å². The highest BCUT2D eigenvalue weighted by molar-refractivity contribution is 7.90. The molecule has 7 nitrogen and oxygen atoms in total. The maximum Gasteiger partial charge on any atom is 0.193 e. The molecule has 0 aromatic heterocycles. The summed E-state index contributed by atoms with van der Waals surface area (Å²) in [5.74, 6) is 0.597. The molecule has 0 unspecified atom stereocenters. The lowest BCUT2D eigenvalue weighted by molar-refractivity contribution is 0.153. The smallest absolute Gasteiger partial charge is 0.193 e. The quantitative estimate of drug-likeness (QED) is 0.420. The van der Waals surface area contributed by atoms with Crippen LogP contribution in [0.4, 0.5) is 10.1 Å². The molecule has 26 heavy (non-hydrogen) atoms. The van der Waals surface area contributed by atoms with Crippen molar-refractivity contribution in [3.8, 4) is 0 Å². The second-order valence-corrected chi connectivity index (χ2v) is 8.40. The highest BCUT2D eigenvalue weighted by atomic mass is 32.2. The first-order valence-corrected chi connectivity index (χ1v) is 10.7. The van der Waals surface area contributed by atoms with Crippen molar-refractivity contribution in [3.05, 3.63) is 30.1 Å². The Hall–Kier alpha value is -1.87. The standard InChI is InChI=1S/C17H27FN4O3S/c1-19-17(20-7-12-25-13-14-26(2,23)24)22-10-8-21(9-11-22)16-6-4-3-5-15(16)18/h3-6H,7-14H2,1-2H3,(H,19,20). The molecule has 0 aliphatic carbocycles. The first-order chi connectivity index (χ1) is 12.4. The summed E-state index contributed by atoms with van der Waals surface area (Å²) >= 11 is 0. The molecule has 1 aromatic rings. The van der Waals surface area contributed by atoms with Gasteiger partial charge in [-0.3, -0.25) is 4.99 Å². The Bertz CT molecular complexity index is 704. The molecule has 1 fully saturated rings. The lowest BCUT2D eigenvalue weighted by Crippen LogP contribution is -2.53. The van der Waals surface area contributed by atoms with Crippen LogP contribution in [0.25, 0.3) is 0 Å². The molecule has 1 N–H and O–H groups in total. The highest BCUT2D eigenvalue weighted by Gasteiger charge is 2.21. The van der Waals surface area contributed by atoms with E-state index >= 15 is 0 Å². The summed E-state index contributed by atoms with van der Waals surface area (Å²) in [7, 11) is -1.27. The summed E-state index contributed by atoms with van der Waals surface area (Å²) in [6, 6.07) is 6.81. The number of benzene rings is 1. The molecule has 9 heteroatoms. The number of hydrogen-bond acceptors (Lipinski definition) is 5. The predicted octanol–water partition coefficient (Wildman–Crippen LogP) is 0.584. The van der Waals surface area contributed by atoms with Crippen LogP contribution in [0, 0.1) is 5.82 Å². The predicted molar refractivity (Wildman–Crippen MR) is 102 cm³/mol. The van der Waals surface area contributed by atoms with Crippen LogP contribution in [-0.2, 0) is 14.6 Å². The van der Waals surface area contributed by atoms with Crippen LogP contribution in [0.1, 0.15) is 0 Å². The fourth-order valence-corrected chi connectivity index (χ4v) is 3.17. The molecular formula is C17H27FN4O3S. The normalized spacial score (nSPS) is 16.0. The Labute approximate surface area is 154 Å². The fourth-order valence-electron chi connectivity index (χ4n) is 2.75. The molecule has 146 valence electrons. The molecule has 1 saturated heterocycles. The van der Waals surface area contributed by atoms with Crippen molar-refractivity contribution in [2.24, 2.45) is 4.99 Å². The van der Waals surface area contributed by atoms with Crippen LogP contribution in [0.15, 0.2) is 29.3 Å². The molecule has 1 heterocycles. The third-order valence-corrected chi connectivity index (χ3v) is 5.02. The van der Waals surface area contributed by atoms with Crippen LogP contribution in [0.2, 0.25) is 0 Å². The van der Waals surface area contributed by atoms with E-state index in [1.165, 1.54) is 12.3 Å². The number of piperazine rings is 1. The zero-order chi connectivity index (χ0) is 19.0. The van der Waals surface area contributed by atoms with E-state index in [1.54, 1.807) is 19.2 Å². The summed E-state index contributed by atoms with van der Waals surface area (Å²) in [5, 5.41) is 3.21. The summed E-state index contributed by atoms with van der Waals surface area (Å²) in [4.78, 5) is 8.43. The summed E-state index contributed by atoms with van der Waals surface area (Å²) < 4.78 is 41.3. The van der Waals surface area contributed by atoms with Gasteiger partial charge in [0.25, 0.3) is 0 Å². The van der Waals surface area contributed by atoms with Gasteiger partial charge in [0.15, 0.2) is 5.96 Å². The largest absolute Gasteiger partial charge is 0.379 e. The van der Waals surface area contributed by atoms with E-state index in [0.29, 0.717) is 31.9 Å². The van der Waals surface area contributed by atoms with Gasteiger partial charge in [-0.25, -0.2) is 12.8 Å². The Balaban J connectivity index is 1.72. The first-order valence-electron chi connectivity index (χ1n) is 8.61. The summed E-state index contributed by atoms with van der Waals surface area (Å²) in [6.07, 6.45) is 1.19. The number of hydrogen-bond donors (Lipinski definition) is 1. The molecule has 0 radical (unpaired) electrons. The van der Waals surface area contributed by atoms with Gasteiger partial charge in [-0.05, 0) is 12.1 Å². The first kappa shape index (κ1) is 20.4. The molecule has 0 saturated carbocycles. The minimum Gasteiger partial charge on any atom is -0.379 e. The molecule has 1 aliphatic rings. The third-order valence-electron chi connectivity index (χ3n) is 4.11. The number of rotatable bonds is 7. The van der Waals surface area contributed by atoms with Crippen LogP contribution >= 0.6 is 0 Å². The second-order valence-electron chi connectivity index (χ2n) is 6.14. The van der Waals surface area contributed by atoms with Crippen molar-refractivity contribution in [3.63, 3.8) is 0 Å². The van der Waals surface area contributed by atoms with Crippen molar-refractivity contribution < 1.29 is 17.5 Å². The van der Waals surface area contributed by atoms with Gasteiger partial charge in [0, 0.05) is 46.0 Å². The van der Waals surface area contributed by atoms with Gasteiger partial charge in [0.05, 0.1) is 24.7 Å². The number of aliphatic imine (C=N–C) groups is 1. The number of halogens is 1. The minimum absolute atomic E-state index is 0.0275. The number of anilines is 1. The number of nitrogens with one attached hydrogen (secondary N) is 1. The van der Waals surface area contributed by atoms with Crippen LogP contribution in [0.5, 0.6) is 0 Å². The van der Waals surface area contributed by atoms with Gasteiger partial charge in [-0.15, -0.1) is 0 Å². The Morgan fingerprint density at radius 1 is 1.23 bits per heavy atom. The lowest BCUT2D eigenvalue weighted by atomic mass is 10.2. The summed E-state index contributed by atoms with van der Waals surface area (Å²) in [5.41, 5.74) is 0.634. The average Bonchev–Trinajstić information content (AvgIpc) is 2.61. The van der Waals surface area contributed by atoms with E-state index in [4.69, 9.17) is 4.74 Å². The summed E-state index contributed by atoms with van der Waals surface area (Å²) in [6.45, 7) is 4.05. The van der Waals surface area contributed by atoms with Gasteiger partial charge in [0.2, 0.25) is 0 Å². The number of para-hydroxylation sites is 1. The highest BCUT2D eigenvalue weighted by Crippen LogP contribution is 2.20. The SMILES string of the molecule is CN=C(NCCOCCS(C)(=O)=O)N1CCN(c2ccccc2F)CC1. The van der Waals surface area contributed by atoms with Gasteiger partial charge in [0.1, 0.15) is 15.7 Å². The molecule has 0 spiro atoms. The number of guanidine groups is 1. The van der Waals surface area contributed by atoms with Crippen molar-refractivity contribution in [1.29, 1.82) is 0 Å². The fraction of sp³-hybridized carbons (Fsp3) is 0.588.